The van der Waals surface area contributed by atoms with Gasteiger partial charge in [0.1, 0.15) is 5.54 Å². The van der Waals surface area contributed by atoms with E-state index in [0.717, 1.165) is 38.9 Å². The molecule has 0 bridgehead atoms. The molecule has 0 aromatic carbocycles. The van der Waals surface area contributed by atoms with Crippen LogP contribution in [0.25, 0.3) is 0 Å². The number of aromatic nitrogens is 2. The van der Waals surface area contributed by atoms with Gasteiger partial charge in [0.05, 0.1) is 6.20 Å². The van der Waals surface area contributed by atoms with Crippen LogP contribution >= 0.6 is 0 Å². The first kappa shape index (κ1) is 17.9. The maximum atomic E-state index is 12.9. The predicted octanol–water partition coefficient (Wildman–Crippen LogP) is 1.39. The number of hydrogen-bond donors (Lipinski definition) is 1. The van der Waals surface area contributed by atoms with E-state index in [1.807, 2.05) is 44.9 Å². The van der Waals surface area contributed by atoms with Gasteiger partial charge < -0.3 is 10.2 Å². The van der Waals surface area contributed by atoms with Crippen LogP contribution in [-0.4, -0.2) is 62.7 Å². The fourth-order valence-electron chi connectivity index (χ4n) is 4.04. The van der Waals surface area contributed by atoms with Crippen molar-refractivity contribution >= 4 is 11.9 Å². The highest BCUT2D eigenvalue weighted by molar-refractivity contribution is 6.07. The molecule has 2 fully saturated rings. The molecule has 1 N–H and O–H groups in total. The monoisotopic (exact) mass is 347 g/mol. The Kier molecular flexibility index (Phi) is 4.86. The van der Waals surface area contributed by atoms with E-state index in [1.54, 1.807) is 0 Å². The highest BCUT2D eigenvalue weighted by Gasteiger charge is 2.53. The minimum absolute atomic E-state index is 0.0772. The van der Waals surface area contributed by atoms with Crippen molar-refractivity contribution in [2.45, 2.75) is 51.6 Å². The molecule has 25 heavy (non-hydrogen) atoms. The number of imide groups is 1. The number of carbonyl (C=O) groups excluding carboxylic acids is 2. The Balaban J connectivity index is 1.64. The molecule has 2 aliphatic heterocycles. The Hall–Kier alpha value is -1.89. The predicted molar refractivity (Wildman–Crippen MR) is 95.0 cm³/mol. The number of nitrogens with zero attached hydrogens (tertiary/aromatic N) is 4. The molecule has 7 heteroatoms. The zero-order valence-electron chi connectivity index (χ0n) is 15.7. The number of nitrogens with one attached hydrogen (secondary N) is 1. The van der Waals surface area contributed by atoms with E-state index in [2.05, 4.69) is 15.3 Å². The summed E-state index contributed by atoms with van der Waals surface area (Å²) in [4.78, 5) is 28.9. The number of urea groups is 1. The fraction of sp³-hybridized carbons (Fsp3) is 0.722. The first-order valence-corrected chi connectivity index (χ1v) is 9.17. The van der Waals surface area contributed by atoms with Crippen LogP contribution in [0.15, 0.2) is 12.4 Å². The van der Waals surface area contributed by atoms with Crippen LogP contribution in [0.3, 0.4) is 0 Å². The summed E-state index contributed by atoms with van der Waals surface area (Å²) in [6.45, 7) is 8.49. The third kappa shape index (κ3) is 3.42. The number of rotatable bonds is 5. The van der Waals surface area contributed by atoms with Gasteiger partial charge in [0.15, 0.2) is 0 Å². The standard InChI is InChI=1S/C18H29N5O2/c1-13(2)23-16(24)18(3,20-17(23)25)15-6-5-8-22(12-15)9-7-14-10-19-21(4)11-14/h10-11,13,15H,5-9,12H2,1-4H3,(H,20,25)/t15-,18-/m0/s1. The summed E-state index contributed by atoms with van der Waals surface area (Å²) in [7, 11) is 1.93. The number of carbonyl (C=O) groups is 2. The van der Waals surface area contributed by atoms with Gasteiger partial charge in [-0.15, -0.1) is 0 Å². The van der Waals surface area contributed by atoms with Crippen LogP contribution in [0, 0.1) is 5.92 Å². The topological polar surface area (TPSA) is 70.5 Å². The van der Waals surface area contributed by atoms with Gasteiger partial charge in [0.25, 0.3) is 5.91 Å². The maximum absolute atomic E-state index is 12.9. The second-order valence-electron chi connectivity index (χ2n) is 7.81. The lowest BCUT2D eigenvalue weighted by atomic mass is 9.79. The molecule has 138 valence electrons. The molecular formula is C18H29N5O2. The number of aryl methyl sites for hydroxylation is 1. The molecule has 1 aromatic heterocycles. The van der Waals surface area contributed by atoms with E-state index in [1.165, 1.54) is 10.5 Å². The summed E-state index contributed by atoms with van der Waals surface area (Å²) in [5.74, 6) is 0.0713. The average molecular weight is 347 g/mol. The molecule has 2 aliphatic rings. The third-order valence-corrected chi connectivity index (χ3v) is 5.56. The van der Waals surface area contributed by atoms with Crippen molar-refractivity contribution in [1.82, 2.24) is 24.9 Å². The van der Waals surface area contributed by atoms with Gasteiger partial charge in [-0.3, -0.25) is 14.4 Å². The molecule has 3 heterocycles. The number of likely N-dealkylation sites (tertiary alicyclic amines) is 1. The number of piperidine rings is 1. The molecule has 1 aromatic rings. The van der Waals surface area contributed by atoms with Gasteiger partial charge in [0, 0.05) is 38.3 Å². The summed E-state index contributed by atoms with van der Waals surface area (Å²) in [5, 5.41) is 7.19. The van der Waals surface area contributed by atoms with Crippen LogP contribution in [0.2, 0.25) is 0 Å². The summed E-state index contributed by atoms with van der Waals surface area (Å²) in [6, 6.07) is -0.366. The molecule has 0 radical (unpaired) electrons. The minimum Gasteiger partial charge on any atom is -0.323 e. The molecule has 3 rings (SSSR count). The molecule has 7 nitrogen and oxygen atoms in total. The Morgan fingerprint density at radius 2 is 2.16 bits per heavy atom. The molecule has 2 saturated heterocycles. The zero-order chi connectivity index (χ0) is 18.2. The van der Waals surface area contributed by atoms with E-state index in [4.69, 9.17) is 0 Å². The van der Waals surface area contributed by atoms with Gasteiger partial charge in [-0.1, -0.05) is 0 Å². The maximum Gasteiger partial charge on any atom is 0.325 e. The van der Waals surface area contributed by atoms with Gasteiger partial charge >= 0.3 is 6.03 Å². The SMILES string of the molecule is CC(C)N1C(=O)N[C@@](C)([C@H]2CCCN(CCc3cnn(C)c3)C2)C1=O. The third-order valence-electron chi connectivity index (χ3n) is 5.56. The van der Waals surface area contributed by atoms with Crippen molar-refractivity contribution in [3.8, 4) is 0 Å². The Morgan fingerprint density at radius 1 is 1.40 bits per heavy atom. The lowest BCUT2D eigenvalue weighted by molar-refractivity contribution is -0.134. The Morgan fingerprint density at radius 3 is 2.76 bits per heavy atom. The molecule has 2 atom stereocenters. The van der Waals surface area contributed by atoms with Gasteiger partial charge in [-0.05, 0) is 52.1 Å². The summed E-state index contributed by atoms with van der Waals surface area (Å²) >= 11 is 0. The first-order valence-electron chi connectivity index (χ1n) is 9.17. The summed E-state index contributed by atoms with van der Waals surface area (Å²) in [6.07, 6.45) is 6.93. The number of amides is 3. The summed E-state index contributed by atoms with van der Waals surface area (Å²) in [5.41, 5.74) is 0.445. The van der Waals surface area contributed by atoms with Crippen LogP contribution in [0.4, 0.5) is 4.79 Å². The van der Waals surface area contributed by atoms with E-state index in [9.17, 15) is 9.59 Å². The highest BCUT2D eigenvalue weighted by Crippen LogP contribution is 2.33. The van der Waals surface area contributed by atoms with Crippen molar-refractivity contribution in [1.29, 1.82) is 0 Å². The van der Waals surface area contributed by atoms with Crippen molar-refractivity contribution in [3.63, 3.8) is 0 Å². The Bertz CT molecular complexity index is 656. The van der Waals surface area contributed by atoms with Gasteiger partial charge in [-0.2, -0.15) is 5.10 Å². The van der Waals surface area contributed by atoms with E-state index < -0.39 is 5.54 Å². The second kappa shape index (κ2) is 6.78. The van der Waals surface area contributed by atoms with Crippen molar-refractivity contribution in [2.75, 3.05) is 19.6 Å². The molecule has 0 spiro atoms. The van der Waals surface area contributed by atoms with Crippen molar-refractivity contribution in [3.05, 3.63) is 18.0 Å². The van der Waals surface area contributed by atoms with Crippen LogP contribution < -0.4 is 5.32 Å². The molecule has 3 amide bonds. The van der Waals surface area contributed by atoms with E-state index in [0.29, 0.717) is 0 Å². The fourth-order valence-corrected chi connectivity index (χ4v) is 4.04. The van der Waals surface area contributed by atoms with Crippen LogP contribution in [-0.2, 0) is 18.3 Å². The second-order valence-corrected chi connectivity index (χ2v) is 7.81. The van der Waals surface area contributed by atoms with Gasteiger partial charge in [0.2, 0.25) is 0 Å². The quantitative estimate of drug-likeness (QED) is 0.817. The molecule has 0 saturated carbocycles. The lowest BCUT2D eigenvalue weighted by Gasteiger charge is -2.40. The van der Waals surface area contributed by atoms with Crippen LogP contribution in [0.5, 0.6) is 0 Å². The highest BCUT2D eigenvalue weighted by atomic mass is 16.2. The van der Waals surface area contributed by atoms with E-state index >= 15 is 0 Å². The van der Waals surface area contributed by atoms with Crippen LogP contribution in [0.1, 0.15) is 39.2 Å². The normalized spacial score (nSPS) is 28.0. The van der Waals surface area contributed by atoms with Crippen molar-refractivity contribution < 1.29 is 9.59 Å². The smallest absolute Gasteiger partial charge is 0.323 e. The lowest BCUT2D eigenvalue weighted by Crippen LogP contribution is -2.56. The first-order chi connectivity index (χ1) is 11.8. The van der Waals surface area contributed by atoms with E-state index in [-0.39, 0.29) is 23.9 Å². The minimum atomic E-state index is -0.783. The molecule has 0 aliphatic carbocycles. The molecular weight excluding hydrogens is 318 g/mol. The van der Waals surface area contributed by atoms with Gasteiger partial charge in [-0.25, -0.2) is 4.79 Å². The largest absolute Gasteiger partial charge is 0.325 e. The number of hydrogen-bond acceptors (Lipinski definition) is 4. The van der Waals surface area contributed by atoms with Crippen molar-refractivity contribution in [2.24, 2.45) is 13.0 Å². The Labute approximate surface area is 149 Å². The average Bonchev–Trinajstić information content (AvgIpc) is 3.07. The zero-order valence-corrected chi connectivity index (χ0v) is 15.7. The summed E-state index contributed by atoms with van der Waals surface area (Å²) < 4.78 is 1.82. The molecule has 0 unspecified atom stereocenters.